The zero-order valence-corrected chi connectivity index (χ0v) is 11.3. The molecule has 0 unspecified atom stereocenters. The monoisotopic (exact) mass is 276 g/mol. The van der Waals surface area contributed by atoms with Gasteiger partial charge in [0, 0.05) is 6.42 Å². The molecule has 0 aliphatic carbocycles. The Morgan fingerprint density at radius 1 is 1.26 bits per heavy atom. The van der Waals surface area contributed by atoms with Gasteiger partial charge in [-0.1, -0.05) is 26.2 Å². The van der Waals surface area contributed by atoms with Crippen LogP contribution in [0.25, 0.3) is 0 Å². The first-order valence-corrected chi connectivity index (χ1v) is 6.88. The van der Waals surface area contributed by atoms with Crippen molar-refractivity contribution in [1.29, 1.82) is 0 Å². The summed E-state index contributed by atoms with van der Waals surface area (Å²) in [5.41, 5.74) is 0. The van der Waals surface area contributed by atoms with Crippen LogP contribution < -0.4 is 0 Å². The topological polar surface area (TPSA) is 96.2 Å². The lowest BCUT2D eigenvalue weighted by atomic mass is 10.0. The molecule has 1 aliphatic heterocycles. The highest BCUT2D eigenvalue weighted by Gasteiger charge is 2.39. The molecule has 1 fully saturated rings. The Morgan fingerprint density at radius 3 is 2.63 bits per heavy atom. The molecular weight excluding hydrogens is 252 g/mol. The lowest BCUT2D eigenvalue weighted by Crippen LogP contribution is -2.55. The van der Waals surface area contributed by atoms with E-state index in [4.69, 9.17) is 14.6 Å². The van der Waals surface area contributed by atoms with Gasteiger partial charge in [-0.3, -0.25) is 4.79 Å². The number of unbranched alkanes of at least 4 members (excludes halogenated alkanes) is 3. The van der Waals surface area contributed by atoms with Crippen molar-refractivity contribution in [3.63, 3.8) is 0 Å². The van der Waals surface area contributed by atoms with Crippen LogP contribution in [0.15, 0.2) is 0 Å². The predicted octanol–water partition coefficient (Wildman–Crippen LogP) is -0.0185. The van der Waals surface area contributed by atoms with Crippen LogP contribution in [0.3, 0.4) is 0 Å². The Hall–Kier alpha value is -0.690. The van der Waals surface area contributed by atoms with E-state index in [0.717, 1.165) is 25.7 Å². The Balaban J connectivity index is 2.30. The highest BCUT2D eigenvalue weighted by atomic mass is 16.6. The van der Waals surface area contributed by atoms with Crippen molar-refractivity contribution < 1.29 is 29.6 Å². The molecular formula is C13H24O6. The number of ether oxygens (including phenoxy) is 2. The summed E-state index contributed by atoms with van der Waals surface area (Å²) >= 11 is 0. The van der Waals surface area contributed by atoms with E-state index < -0.39 is 30.4 Å². The Bertz CT molecular complexity index is 270. The quantitative estimate of drug-likeness (QED) is 0.447. The Kier molecular flexibility index (Phi) is 7.30. The molecule has 1 rings (SSSR count). The van der Waals surface area contributed by atoms with Crippen molar-refractivity contribution >= 4 is 5.97 Å². The third kappa shape index (κ3) is 5.06. The molecule has 0 aromatic carbocycles. The van der Waals surface area contributed by atoms with E-state index in [1.165, 1.54) is 0 Å². The first kappa shape index (κ1) is 16.4. The molecule has 6 nitrogen and oxygen atoms in total. The standard InChI is InChI=1S/C13H24O6/c1-2-3-4-5-6-11(15)19-10-8-18-9(7-14)12(16)13(10)17/h9-10,12-14,16-17H,2-8H2,1H3/t9-,10+,12+,13-/m1/s1. The molecule has 1 heterocycles. The van der Waals surface area contributed by atoms with Crippen molar-refractivity contribution in [1.82, 2.24) is 0 Å². The van der Waals surface area contributed by atoms with Crippen LogP contribution in [0.2, 0.25) is 0 Å². The fourth-order valence-corrected chi connectivity index (χ4v) is 2.04. The lowest BCUT2D eigenvalue weighted by Gasteiger charge is -2.36. The summed E-state index contributed by atoms with van der Waals surface area (Å²) in [7, 11) is 0. The summed E-state index contributed by atoms with van der Waals surface area (Å²) < 4.78 is 10.2. The third-order valence-corrected chi connectivity index (χ3v) is 3.28. The van der Waals surface area contributed by atoms with Crippen LogP contribution >= 0.6 is 0 Å². The molecule has 0 radical (unpaired) electrons. The number of hydrogen-bond donors (Lipinski definition) is 3. The summed E-state index contributed by atoms with van der Waals surface area (Å²) in [5.74, 6) is -0.390. The molecule has 1 saturated heterocycles. The van der Waals surface area contributed by atoms with Crippen LogP contribution in [0.5, 0.6) is 0 Å². The van der Waals surface area contributed by atoms with E-state index in [0.29, 0.717) is 6.42 Å². The summed E-state index contributed by atoms with van der Waals surface area (Å²) in [6.07, 6.45) is 0.0807. The zero-order chi connectivity index (χ0) is 14.3. The second kappa shape index (κ2) is 8.47. The molecule has 0 aromatic heterocycles. The number of hydrogen-bond acceptors (Lipinski definition) is 6. The van der Waals surface area contributed by atoms with Crippen molar-refractivity contribution in [2.24, 2.45) is 0 Å². The highest BCUT2D eigenvalue weighted by Crippen LogP contribution is 2.18. The maximum atomic E-state index is 11.6. The number of esters is 1. The molecule has 1 aliphatic rings. The fourth-order valence-electron chi connectivity index (χ4n) is 2.04. The van der Waals surface area contributed by atoms with Gasteiger partial charge >= 0.3 is 5.97 Å². The second-order valence-electron chi connectivity index (χ2n) is 4.87. The molecule has 112 valence electrons. The van der Waals surface area contributed by atoms with E-state index in [2.05, 4.69) is 6.92 Å². The predicted molar refractivity (Wildman–Crippen MR) is 67.5 cm³/mol. The molecule has 0 saturated carbocycles. The maximum absolute atomic E-state index is 11.6. The van der Waals surface area contributed by atoms with Crippen molar-refractivity contribution in [2.75, 3.05) is 13.2 Å². The minimum absolute atomic E-state index is 0.00977. The average Bonchev–Trinajstić information content (AvgIpc) is 2.40. The van der Waals surface area contributed by atoms with Crippen LogP contribution in [0, 0.1) is 0 Å². The van der Waals surface area contributed by atoms with Gasteiger partial charge in [0.2, 0.25) is 0 Å². The molecule has 3 N–H and O–H groups in total. The minimum atomic E-state index is -1.24. The van der Waals surface area contributed by atoms with E-state index >= 15 is 0 Å². The van der Waals surface area contributed by atoms with Gasteiger partial charge in [-0.25, -0.2) is 0 Å². The summed E-state index contributed by atoms with van der Waals surface area (Å²) in [4.78, 5) is 11.6. The van der Waals surface area contributed by atoms with Gasteiger partial charge < -0.3 is 24.8 Å². The van der Waals surface area contributed by atoms with Crippen LogP contribution in [-0.4, -0.2) is 58.9 Å². The zero-order valence-electron chi connectivity index (χ0n) is 11.3. The van der Waals surface area contributed by atoms with Crippen LogP contribution in [0.4, 0.5) is 0 Å². The van der Waals surface area contributed by atoms with E-state index in [9.17, 15) is 15.0 Å². The van der Waals surface area contributed by atoms with Crippen LogP contribution in [-0.2, 0) is 14.3 Å². The lowest BCUT2D eigenvalue weighted by molar-refractivity contribution is -0.210. The van der Waals surface area contributed by atoms with Gasteiger partial charge in [-0.2, -0.15) is 0 Å². The van der Waals surface area contributed by atoms with Gasteiger partial charge in [0.05, 0.1) is 13.2 Å². The maximum Gasteiger partial charge on any atom is 0.306 e. The molecule has 0 spiro atoms. The number of aliphatic hydroxyl groups excluding tert-OH is 3. The fraction of sp³-hybridized carbons (Fsp3) is 0.923. The van der Waals surface area contributed by atoms with E-state index in [1.54, 1.807) is 0 Å². The number of aliphatic hydroxyl groups is 3. The van der Waals surface area contributed by atoms with Crippen molar-refractivity contribution in [2.45, 2.75) is 63.4 Å². The first-order chi connectivity index (χ1) is 9.10. The summed E-state index contributed by atoms with van der Waals surface area (Å²) in [6, 6.07) is 0. The number of rotatable bonds is 7. The van der Waals surface area contributed by atoms with Gasteiger partial charge in [0.15, 0.2) is 6.10 Å². The van der Waals surface area contributed by atoms with Gasteiger partial charge in [0.25, 0.3) is 0 Å². The second-order valence-corrected chi connectivity index (χ2v) is 4.87. The summed E-state index contributed by atoms with van der Waals surface area (Å²) in [5, 5.41) is 28.3. The molecule has 0 aromatic rings. The van der Waals surface area contributed by atoms with E-state index in [-0.39, 0.29) is 13.2 Å². The SMILES string of the molecule is CCCCCCC(=O)O[C@H]1CO[C@H](CO)[C@H](O)[C@@H]1O. The molecule has 0 bridgehead atoms. The van der Waals surface area contributed by atoms with Gasteiger partial charge in [-0.05, 0) is 6.42 Å². The van der Waals surface area contributed by atoms with Gasteiger partial charge in [0.1, 0.15) is 18.3 Å². The van der Waals surface area contributed by atoms with Crippen LogP contribution in [0.1, 0.15) is 39.0 Å². The highest BCUT2D eigenvalue weighted by molar-refractivity contribution is 5.69. The molecule has 0 amide bonds. The molecule has 6 heteroatoms. The molecule has 19 heavy (non-hydrogen) atoms. The smallest absolute Gasteiger partial charge is 0.306 e. The summed E-state index contributed by atoms with van der Waals surface area (Å²) in [6.45, 7) is 1.70. The number of carbonyl (C=O) groups is 1. The Labute approximate surface area is 113 Å². The number of carbonyl (C=O) groups excluding carboxylic acids is 1. The first-order valence-electron chi connectivity index (χ1n) is 6.88. The average molecular weight is 276 g/mol. The van der Waals surface area contributed by atoms with Crippen molar-refractivity contribution in [3.8, 4) is 0 Å². The van der Waals surface area contributed by atoms with Crippen molar-refractivity contribution in [3.05, 3.63) is 0 Å². The largest absolute Gasteiger partial charge is 0.457 e. The normalized spacial score (nSPS) is 31.2. The van der Waals surface area contributed by atoms with E-state index in [1.807, 2.05) is 0 Å². The molecule has 4 atom stereocenters. The third-order valence-electron chi connectivity index (χ3n) is 3.28. The minimum Gasteiger partial charge on any atom is -0.457 e. The van der Waals surface area contributed by atoms with Gasteiger partial charge in [-0.15, -0.1) is 0 Å². The Morgan fingerprint density at radius 2 is 2.00 bits per heavy atom.